The number of hydrogen-bond donors (Lipinski definition) is 1. The topological polar surface area (TPSA) is 42.0 Å². The number of amides is 1. The lowest BCUT2D eigenvalue weighted by atomic mass is 10.1. The third-order valence-electron chi connectivity index (χ3n) is 4.10. The van der Waals surface area contributed by atoms with Crippen LogP contribution in [0.3, 0.4) is 0 Å². The van der Waals surface area contributed by atoms with Gasteiger partial charge in [-0.3, -0.25) is 4.79 Å². The van der Waals surface area contributed by atoms with Crippen LogP contribution in [0.15, 0.2) is 24.3 Å². The maximum Gasteiger partial charge on any atom is 0.220 e. The molecule has 1 aliphatic carbocycles. The van der Waals surface area contributed by atoms with Gasteiger partial charge in [-0.15, -0.1) is 11.3 Å². The average Bonchev–Trinajstić information content (AvgIpc) is 3.12. The zero-order valence-corrected chi connectivity index (χ0v) is 13.1. The normalized spacial score (nSPS) is 15.6. The van der Waals surface area contributed by atoms with E-state index in [0.29, 0.717) is 12.5 Å². The molecule has 1 aromatic heterocycles. The van der Waals surface area contributed by atoms with Gasteiger partial charge in [0.05, 0.1) is 15.2 Å². The Kier molecular flexibility index (Phi) is 4.86. The van der Waals surface area contributed by atoms with Crippen LogP contribution >= 0.6 is 11.3 Å². The molecule has 0 spiro atoms. The molecule has 1 heterocycles. The van der Waals surface area contributed by atoms with Crippen molar-refractivity contribution in [1.29, 1.82) is 0 Å². The van der Waals surface area contributed by atoms with Gasteiger partial charge in [-0.25, -0.2) is 4.98 Å². The van der Waals surface area contributed by atoms with E-state index < -0.39 is 0 Å². The zero-order chi connectivity index (χ0) is 14.5. The number of para-hydroxylation sites is 1. The first kappa shape index (κ1) is 14.5. The highest BCUT2D eigenvalue weighted by molar-refractivity contribution is 7.18. The van der Waals surface area contributed by atoms with Crippen molar-refractivity contribution < 1.29 is 4.79 Å². The molecule has 1 amide bonds. The van der Waals surface area contributed by atoms with Crippen LogP contribution in [-0.2, 0) is 11.2 Å². The number of benzene rings is 1. The molecule has 2 aromatic rings. The fourth-order valence-corrected chi connectivity index (χ4v) is 3.97. The van der Waals surface area contributed by atoms with Gasteiger partial charge in [0.1, 0.15) is 0 Å². The summed E-state index contributed by atoms with van der Waals surface area (Å²) in [6, 6.07) is 8.70. The Morgan fingerprint density at radius 1 is 1.24 bits per heavy atom. The summed E-state index contributed by atoms with van der Waals surface area (Å²) in [5.41, 5.74) is 1.09. The predicted octanol–water partition coefficient (Wildman–Crippen LogP) is 4.07. The number of thiazole rings is 1. The van der Waals surface area contributed by atoms with E-state index >= 15 is 0 Å². The third-order valence-corrected chi connectivity index (χ3v) is 5.20. The molecule has 3 nitrogen and oxygen atoms in total. The van der Waals surface area contributed by atoms with E-state index in [-0.39, 0.29) is 5.91 Å². The van der Waals surface area contributed by atoms with E-state index in [4.69, 9.17) is 0 Å². The van der Waals surface area contributed by atoms with Crippen molar-refractivity contribution in [3.8, 4) is 0 Å². The highest BCUT2D eigenvalue weighted by Gasteiger charge is 2.16. The van der Waals surface area contributed by atoms with Crippen molar-refractivity contribution in [3.05, 3.63) is 29.3 Å². The van der Waals surface area contributed by atoms with Crippen LogP contribution in [0.4, 0.5) is 0 Å². The fourth-order valence-electron chi connectivity index (χ4n) is 2.96. The summed E-state index contributed by atoms with van der Waals surface area (Å²) >= 11 is 1.77. The van der Waals surface area contributed by atoms with Gasteiger partial charge in [-0.1, -0.05) is 25.0 Å². The summed E-state index contributed by atoms with van der Waals surface area (Å²) in [6.07, 6.45) is 8.49. The van der Waals surface area contributed by atoms with Crippen molar-refractivity contribution in [3.63, 3.8) is 0 Å². The Balaban J connectivity index is 1.38. The van der Waals surface area contributed by atoms with E-state index in [1.807, 2.05) is 6.07 Å². The molecule has 1 aromatic carbocycles. The molecule has 0 atom stereocenters. The second-order valence-corrected chi connectivity index (χ2v) is 6.95. The van der Waals surface area contributed by atoms with Gasteiger partial charge in [0.25, 0.3) is 0 Å². The SMILES string of the molecule is O=C(CCCCc1nc2ccccc2s1)NC1CCCC1. The monoisotopic (exact) mass is 302 g/mol. The molecule has 21 heavy (non-hydrogen) atoms. The lowest BCUT2D eigenvalue weighted by Crippen LogP contribution is -2.32. The molecule has 4 heteroatoms. The summed E-state index contributed by atoms with van der Waals surface area (Å²) in [4.78, 5) is 16.5. The van der Waals surface area contributed by atoms with Crippen LogP contribution in [0.2, 0.25) is 0 Å². The average molecular weight is 302 g/mol. The number of carbonyl (C=O) groups excluding carboxylic acids is 1. The van der Waals surface area contributed by atoms with Crippen molar-refractivity contribution >= 4 is 27.5 Å². The Hall–Kier alpha value is -1.42. The molecule has 3 rings (SSSR count). The van der Waals surface area contributed by atoms with E-state index in [9.17, 15) is 4.79 Å². The first-order valence-electron chi connectivity index (χ1n) is 7.95. The molecule has 0 unspecified atom stereocenters. The lowest BCUT2D eigenvalue weighted by molar-refractivity contribution is -0.121. The number of carbonyl (C=O) groups is 1. The first-order chi connectivity index (χ1) is 10.3. The van der Waals surface area contributed by atoms with Gasteiger partial charge in [0.15, 0.2) is 0 Å². The number of nitrogens with zero attached hydrogens (tertiary/aromatic N) is 1. The minimum absolute atomic E-state index is 0.228. The number of aromatic nitrogens is 1. The minimum Gasteiger partial charge on any atom is -0.353 e. The number of nitrogens with one attached hydrogen (secondary N) is 1. The van der Waals surface area contributed by atoms with E-state index in [0.717, 1.165) is 37.6 Å². The standard InChI is InChI=1S/C17H22N2OS/c20-16(18-13-7-1-2-8-13)11-5-6-12-17-19-14-9-3-4-10-15(14)21-17/h3-4,9-10,13H,1-2,5-8,11-12H2,(H,18,20). The van der Waals surface area contributed by atoms with Crippen LogP contribution in [-0.4, -0.2) is 16.9 Å². The zero-order valence-electron chi connectivity index (χ0n) is 12.3. The fraction of sp³-hybridized carbons (Fsp3) is 0.529. The molecule has 0 aliphatic heterocycles. The lowest BCUT2D eigenvalue weighted by Gasteiger charge is -2.11. The van der Waals surface area contributed by atoms with Gasteiger partial charge in [0.2, 0.25) is 5.91 Å². The van der Waals surface area contributed by atoms with Gasteiger partial charge in [-0.05, 0) is 44.2 Å². The number of aryl methyl sites for hydroxylation is 1. The Morgan fingerprint density at radius 3 is 2.86 bits per heavy atom. The van der Waals surface area contributed by atoms with E-state index in [1.165, 1.54) is 22.5 Å². The van der Waals surface area contributed by atoms with Crippen molar-refractivity contribution in [2.45, 2.75) is 57.4 Å². The van der Waals surface area contributed by atoms with Crippen LogP contribution in [0.25, 0.3) is 10.2 Å². The summed E-state index contributed by atoms with van der Waals surface area (Å²) < 4.78 is 1.26. The summed E-state index contributed by atoms with van der Waals surface area (Å²) in [5, 5.41) is 4.33. The van der Waals surface area contributed by atoms with Gasteiger partial charge >= 0.3 is 0 Å². The number of hydrogen-bond acceptors (Lipinski definition) is 3. The quantitative estimate of drug-likeness (QED) is 0.817. The second-order valence-electron chi connectivity index (χ2n) is 5.83. The molecule has 1 fully saturated rings. The van der Waals surface area contributed by atoms with E-state index in [2.05, 4.69) is 28.5 Å². The van der Waals surface area contributed by atoms with Gasteiger partial charge in [0, 0.05) is 12.5 Å². The molecule has 1 saturated carbocycles. The Morgan fingerprint density at radius 2 is 2.05 bits per heavy atom. The number of fused-ring (bicyclic) bond motifs is 1. The summed E-state index contributed by atoms with van der Waals surface area (Å²) in [6.45, 7) is 0. The van der Waals surface area contributed by atoms with Crippen LogP contribution in [0, 0.1) is 0 Å². The van der Waals surface area contributed by atoms with Crippen LogP contribution in [0.5, 0.6) is 0 Å². The molecular formula is C17H22N2OS. The van der Waals surface area contributed by atoms with Crippen LogP contribution < -0.4 is 5.32 Å². The predicted molar refractivity (Wildman–Crippen MR) is 87.6 cm³/mol. The number of rotatable bonds is 6. The molecule has 0 saturated heterocycles. The molecular weight excluding hydrogens is 280 g/mol. The Bertz CT molecular complexity index is 569. The summed E-state index contributed by atoms with van der Waals surface area (Å²) in [7, 11) is 0. The highest BCUT2D eigenvalue weighted by atomic mass is 32.1. The smallest absolute Gasteiger partial charge is 0.220 e. The maximum atomic E-state index is 11.8. The largest absolute Gasteiger partial charge is 0.353 e. The first-order valence-corrected chi connectivity index (χ1v) is 8.77. The molecule has 112 valence electrons. The third kappa shape index (κ3) is 4.03. The highest BCUT2D eigenvalue weighted by Crippen LogP contribution is 2.23. The van der Waals surface area contributed by atoms with Crippen molar-refractivity contribution in [1.82, 2.24) is 10.3 Å². The molecule has 1 N–H and O–H groups in total. The van der Waals surface area contributed by atoms with Gasteiger partial charge in [-0.2, -0.15) is 0 Å². The van der Waals surface area contributed by atoms with E-state index in [1.54, 1.807) is 11.3 Å². The Labute approximate surface area is 129 Å². The minimum atomic E-state index is 0.228. The van der Waals surface area contributed by atoms with Crippen LogP contribution in [0.1, 0.15) is 50.0 Å². The summed E-state index contributed by atoms with van der Waals surface area (Å²) in [5.74, 6) is 0.228. The second kappa shape index (κ2) is 7.03. The number of unbranched alkanes of at least 4 members (excludes halogenated alkanes) is 1. The molecule has 0 radical (unpaired) electrons. The maximum absolute atomic E-state index is 11.8. The van der Waals surface area contributed by atoms with Gasteiger partial charge < -0.3 is 5.32 Å². The molecule has 0 bridgehead atoms. The van der Waals surface area contributed by atoms with Crippen molar-refractivity contribution in [2.24, 2.45) is 0 Å². The molecule has 1 aliphatic rings. The van der Waals surface area contributed by atoms with Crippen molar-refractivity contribution in [2.75, 3.05) is 0 Å².